The summed E-state index contributed by atoms with van der Waals surface area (Å²) in [6, 6.07) is 42.6. The van der Waals surface area contributed by atoms with Crippen molar-refractivity contribution in [1.29, 1.82) is 0 Å². The number of oxazole rings is 1. The van der Waals surface area contributed by atoms with Gasteiger partial charge in [0, 0.05) is 27.8 Å². The molecule has 5 heteroatoms. The lowest BCUT2D eigenvalue weighted by Crippen LogP contribution is -2.02. The van der Waals surface area contributed by atoms with E-state index in [-0.39, 0.29) is 0 Å². The number of hydrogen-bond donors (Lipinski definition) is 0. The Bertz CT molecular complexity index is 2170. The first-order valence-corrected chi connectivity index (χ1v) is 14.6. The van der Waals surface area contributed by atoms with E-state index in [1.807, 2.05) is 97.1 Å². The molecule has 0 aliphatic rings. The van der Waals surface area contributed by atoms with Crippen molar-refractivity contribution in [3.63, 3.8) is 0 Å². The fourth-order valence-electron chi connectivity index (χ4n) is 5.26. The maximum Gasteiger partial charge on any atom is 0.227 e. The zero-order chi connectivity index (χ0) is 30.6. The van der Waals surface area contributed by atoms with Crippen molar-refractivity contribution in [3.8, 4) is 56.5 Å². The van der Waals surface area contributed by atoms with Gasteiger partial charge in [-0.25, -0.2) is 19.9 Å². The second-order valence-electron chi connectivity index (χ2n) is 10.4. The van der Waals surface area contributed by atoms with Gasteiger partial charge in [0.15, 0.2) is 23.1 Å². The van der Waals surface area contributed by atoms with E-state index in [9.17, 15) is 0 Å². The third-order valence-electron chi connectivity index (χ3n) is 7.52. The second-order valence-corrected chi connectivity index (χ2v) is 10.4. The molecule has 7 aromatic rings. The van der Waals surface area contributed by atoms with Crippen molar-refractivity contribution in [1.82, 2.24) is 19.9 Å². The molecule has 2 aromatic heterocycles. The van der Waals surface area contributed by atoms with Crippen molar-refractivity contribution >= 4 is 16.7 Å². The van der Waals surface area contributed by atoms with Crippen LogP contribution in [0.1, 0.15) is 5.82 Å². The monoisotopic (exact) mass is 580 g/mol. The first-order chi connectivity index (χ1) is 22.2. The molecule has 0 saturated carbocycles. The van der Waals surface area contributed by atoms with Crippen LogP contribution in [-0.4, -0.2) is 19.9 Å². The molecule has 0 fully saturated rings. The molecule has 5 nitrogen and oxygen atoms in total. The normalized spacial score (nSPS) is 11.4. The Morgan fingerprint density at radius 1 is 0.533 bits per heavy atom. The van der Waals surface area contributed by atoms with Gasteiger partial charge in [0.2, 0.25) is 5.89 Å². The number of nitrogens with zero attached hydrogens (tertiary/aromatic N) is 4. The molecular weight excluding hydrogens is 552 g/mol. The Morgan fingerprint density at radius 3 is 1.69 bits per heavy atom. The summed E-state index contributed by atoms with van der Waals surface area (Å²) < 4.78 is 6.33. The van der Waals surface area contributed by atoms with Crippen LogP contribution >= 0.6 is 0 Å². The Kier molecular flexibility index (Phi) is 7.48. The van der Waals surface area contributed by atoms with E-state index in [0.717, 1.165) is 55.6 Å². The topological polar surface area (TPSA) is 64.7 Å². The van der Waals surface area contributed by atoms with Gasteiger partial charge in [-0.05, 0) is 41.0 Å². The molecule has 0 N–H and O–H groups in total. The molecule has 0 atom stereocenters. The van der Waals surface area contributed by atoms with Crippen LogP contribution in [0.5, 0.6) is 0 Å². The number of fused-ring (bicyclic) bond motifs is 1. The fraction of sp³-hybridized carbons (Fsp3) is 0. The summed E-state index contributed by atoms with van der Waals surface area (Å²) in [6.07, 6.45) is 5.28. The van der Waals surface area contributed by atoms with Crippen molar-refractivity contribution in [2.45, 2.75) is 0 Å². The van der Waals surface area contributed by atoms with Gasteiger partial charge >= 0.3 is 0 Å². The van der Waals surface area contributed by atoms with Crippen LogP contribution in [0.3, 0.4) is 0 Å². The van der Waals surface area contributed by atoms with Crippen LogP contribution in [0.2, 0.25) is 0 Å². The molecule has 5 aromatic carbocycles. The molecule has 0 unspecified atom stereocenters. The molecule has 0 aliphatic carbocycles. The zero-order valence-electron chi connectivity index (χ0n) is 24.5. The Morgan fingerprint density at radius 2 is 1.09 bits per heavy atom. The Balaban J connectivity index is 1.32. The number of allylic oxidation sites excluding steroid dienone is 4. The lowest BCUT2D eigenvalue weighted by molar-refractivity contribution is 0.620. The maximum absolute atomic E-state index is 6.33. The van der Waals surface area contributed by atoms with Crippen molar-refractivity contribution in [2.24, 2.45) is 0 Å². The van der Waals surface area contributed by atoms with Gasteiger partial charge in [-0.15, -0.1) is 0 Å². The van der Waals surface area contributed by atoms with Gasteiger partial charge in [0.25, 0.3) is 0 Å². The van der Waals surface area contributed by atoms with Crippen molar-refractivity contribution in [3.05, 3.63) is 165 Å². The average molecular weight is 581 g/mol. The highest BCUT2D eigenvalue weighted by Gasteiger charge is 2.17. The van der Waals surface area contributed by atoms with E-state index in [4.69, 9.17) is 24.4 Å². The van der Waals surface area contributed by atoms with E-state index >= 15 is 0 Å². The van der Waals surface area contributed by atoms with Crippen LogP contribution in [0.25, 0.3) is 73.2 Å². The third-order valence-corrected chi connectivity index (χ3v) is 7.52. The van der Waals surface area contributed by atoms with Crippen LogP contribution in [0.4, 0.5) is 0 Å². The molecule has 214 valence electrons. The SMILES string of the molecule is C=C/C=C(\C=C)c1nc(-c2ccccc2)nc(-c2ccc(-c3cc(-c4ccccc4)c4nc(-c5ccccc5)oc4c3)cc2)n1. The van der Waals surface area contributed by atoms with E-state index in [1.54, 1.807) is 12.2 Å². The first kappa shape index (κ1) is 27.6. The summed E-state index contributed by atoms with van der Waals surface area (Å²) >= 11 is 0. The van der Waals surface area contributed by atoms with Gasteiger partial charge in [-0.3, -0.25) is 0 Å². The predicted octanol–water partition coefficient (Wildman–Crippen LogP) is 10.1. The molecule has 2 heterocycles. The minimum absolute atomic E-state index is 0.537. The zero-order valence-corrected chi connectivity index (χ0v) is 24.5. The van der Waals surface area contributed by atoms with Crippen LogP contribution < -0.4 is 0 Å². The highest BCUT2D eigenvalue weighted by molar-refractivity contribution is 5.96. The predicted molar refractivity (Wildman–Crippen MR) is 183 cm³/mol. The van der Waals surface area contributed by atoms with Crippen LogP contribution in [-0.2, 0) is 0 Å². The first-order valence-electron chi connectivity index (χ1n) is 14.6. The van der Waals surface area contributed by atoms with E-state index in [1.165, 1.54) is 0 Å². The van der Waals surface area contributed by atoms with Crippen LogP contribution in [0.15, 0.2) is 163 Å². The van der Waals surface area contributed by atoms with Crippen molar-refractivity contribution in [2.75, 3.05) is 0 Å². The third kappa shape index (κ3) is 5.63. The average Bonchev–Trinajstić information content (AvgIpc) is 3.56. The van der Waals surface area contributed by atoms with Gasteiger partial charge in [-0.2, -0.15) is 0 Å². The molecule has 0 amide bonds. The maximum atomic E-state index is 6.33. The van der Waals surface area contributed by atoms with Gasteiger partial charge < -0.3 is 4.42 Å². The largest absolute Gasteiger partial charge is 0.436 e. The molecule has 0 spiro atoms. The number of aromatic nitrogens is 4. The summed E-state index contributed by atoms with van der Waals surface area (Å²) in [4.78, 5) is 19.3. The molecule has 7 rings (SSSR count). The highest BCUT2D eigenvalue weighted by atomic mass is 16.3. The Hall–Kier alpha value is -6.20. The summed E-state index contributed by atoms with van der Waals surface area (Å²) in [6.45, 7) is 7.78. The van der Waals surface area contributed by atoms with E-state index < -0.39 is 0 Å². The molecule has 45 heavy (non-hydrogen) atoms. The molecule has 0 saturated heterocycles. The quantitative estimate of drug-likeness (QED) is 0.167. The molecular formula is C40H28N4O. The minimum atomic E-state index is 0.537. The lowest BCUT2D eigenvalue weighted by Gasteiger charge is -2.10. The second kappa shape index (κ2) is 12.2. The standard InChI is InChI=1S/C40H28N4O/c1-3-14-27(4-2)37-42-38(30-17-10-6-11-18-30)44-39(43-37)31-23-21-28(22-24-31)33-25-34(29-15-8-5-9-16-29)36-35(26-33)45-40(41-36)32-19-12-7-13-20-32/h3-26H,1-2H2/b27-14+. The molecule has 0 radical (unpaired) electrons. The summed E-state index contributed by atoms with van der Waals surface area (Å²) in [5.41, 5.74) is 9.19. The number of hydrogen-bond acceptors (Lipinski definition) is 5. The van der Waals surface area contributed by atoms with Gasteiger partial charge in [-0.1, -0.05) is 135 Å². The fourth-order valence-corrected chi connectivity index (χ4v) is 5.26. The van der Waals surface area contributed by atoms with E-state index in [0.29, 0.717) is 23.4 Å². The van der Waals surface area contributed by atoms with Crippen molar-refractivity contribution < 1.29 is 4.42 Å². The number of benzene rings is 5. The van der Waals surface area contributed by atoms with E-state index in [2.05, 4.69) is 49.6 Å². The number of rotatable bonds is 8. The Labute approximate surface area is 261 Å². The minimum Gasteiger partial charge on any atom is -0.436 e. The van der Waals surface area contributed by atoms with Gasteiger partial charge in [0.1, 0.15) is 5.52 Å². The highest BCUT2D eigenvalue weighted by Crippen LogP contribution is 2.37. The summed E-state index contributed by atoms with van der Waals surface area (Å²) in [7, 11) is 0. The molecule has 0 aliphatic heterocycles. The lowest BCUT2D eigenvalue weighted by atomic mass is 9.97. The summed E-state index contributed by atoms with van der Waals surface area (Å²) in [5.74, 6) is 2.30. The summed E-state index contributed by atoms with van der Waals surface area (Å²) in [5, 5.41) is 0. The van der Waals surface area contributed by atoms with Gasteiger partial charge in [0.05, 0.1) is 0 Å². The molecule has 0 bridgehead atoms. The van der Waals surface area contributed by atoms with Crippen LogP contribution in [0, 0.1) is 0 Å². The smallest absolute Gasteiger partial charge is 0.227 e.